The van der Waals surface area contributed by atoms with E-state index < -0.39 is 45.2 Å². The van der Waals surface area contributed by atoms with Gasteiger partial charge < -0.3 is 14.8 Å². The summed E-state index contributed by atoms with van der Waals surface area (Å²) >= 11 is 0. The fourth-order valence-corrected chi connectivity index (χ4v) is 5.22. The first-order chi connectivity index (χ1) is 17.9. The SMILES string of the molecule is COC(=O)NCc1cn(S(=O)(=O)c2cccc(OC(F)F)c2)c2cc(-c3cccnc3C(F)(F)F)ccc12. The van der Waals surface area contributed by atoms with E-state index in [1.54, 1.807) is 0 Å². The van der Waals surface area contributed by atoms with Crippen molar-refractivity contribution in [3.8, 4) is 16.9 Å². The lowest BCUT2D eigenvalue weighted by molar-refractivity contribution is -0.140. The minimum absolute atomic E-state index is 0.0229. The van der Waals surface area contributed by atoms with Crippen LogP contribution in [0, 0.1) is 0 Å². The molecular formula is C24H18F5N3O5S. The van der Waals surface area contributed by atoms with Crippen LogP contribution in [0.4, 0.5) is 26.7 Å². The molecule has 0 aliphatic rings. The number of fused-ring (bicyclic) bond motifs is 1. The molecule has 14 heteroatoms. The molecule has 0 atom stereocenters. The Morgan fingerprint density at radius 1 is 1.11 bits per heavy atom. The molecule has 200 valence electrons. The van der Waals surface area contributed by atoms with Gasteiger partial charge in [-0.25, -0.2) is 17.2 Å². The third-order valence-electron chi connectivity index (χ3n) is 5.44. The molecule has 2 aromatic heterocycles. The molecule has 38 heavy (non-hydrogen) atoms. The number of hydrogen-bond donors (Lipinski definition) is 1. The minimum atomic E-state index is -4.78. The van der Waals surface area contributed by atoms with E-state index in [0.717, 1.165) is 35.5 Å². The first-order valence-electron chi connectivity index (χ1n) is 10.7. The van der Waals surface area contributed by atoms with Crippen LogP contribution >= 0.6 is 0 Å². The van der Waals surface area contributed by atoms with Crippen LogP contribution in [0.2, 0.25) is 0 Å². The second-order valence-electron chi connectivity index (χ2n) is 7.78. The number of carbonyl (C=O) groups is 1. The Hall–Kier alpha value is -4.20. The highest BCUT2D eigenvalue weighted by Crippen LogP contribution is 2.37. The van der Waals surface area contributed by atoms with E-state index in [1.807, 2.05) is 0 Å². The van der Waals surface area contributed by atoms with Gasteiger partial charge in [-0.3, -0.25) is 4.98 Å². The Morgan fingerprint density at radius 2 is 1.87 bits per heavy atom. The van der Waals surface area contributed by atoms with Crippen molar-refractivity contribution in [2.75, 3.05) is 7.11 Å². The van der Waals surface area contributed by atoms with Gasteiger partial charge in [-0.05, 0) is 35.4 Å². The molecule has 0 saturated carbocycles. The van der Waals surface area contributed by atoms with Crippen molar-refractivity contribution in [1.82, 2.24) is 14.3 Å². The van der Waals surface area contributed by atoms with Crippen LogP contribution in [0.25, 0.3) is 22.0 Å². The summed E-state index contributed by atoms with van der Waals surface area (Å²) in [5, 5.41) is 2.72. The van der Waals surface area contributed by atoms with E-state index >= 15 is 0 Å². The topological polar surface area (TPSA) is 99.5 Å². The fraction of sp³-hybridized carbons (Fsp3) is 0.167. The molecule has 0 unspecified atom stereocenters. The summed E-state index contributed by atoms with van der Waals surface area (Å²) in [4.78, 5) is 14.6. The summed E-state index contributed by atoms with van der Waals surface area (Å²) in [5.74, 6) is -0.406. The summed E-state index contributed by atoms with van der Waals surface area (Å²) in [6, 6.07) is 10.9. The molecule has 1 N–H and O–H groups in total. The lowest BCUT2D eigenvalue weighted by atomic mass is 10.0. The van der Waals surface area contributed by atoms with Gasteiger partial charge in [0.25, 0.3) is 10.0 Å². The van der Waals surface area contributed by atoms with Gasteiger partial charge in [-0.2, -0.15) is 22.0 Å². The van der Waals surface area contributed by atoms with Crippen molar-refractivity contribution in [2.45, 2.75) is 24.2 Å². The number of nitrogens with zero attached hydrogens (tertiary/aromatic N) is 2. The molecule has 2 aromatic carbocycles. The highest BCUT2D eigenvalue weighted by atomic mass is 32.2. The van der Waals surface area contributed by atoms with Crippen LogP contribution in [0.5, 0.6) is 5.75 Å². The number of alkyl carbamates (subject to hydrolysis) is 1. The van der Waals surface area contributed by atoms with E-state index in [0.29, 0.717) is 10.9 Å². The van der Waals surface area contributed by atoms with Gasteiger partial charge in [-0.1, -0.05) is 24.3 Å². The van der Waals surface area contributed by atoms with E-state index in [1.165, 1.54) is 42.6 Å². The fourth-order valence-electron chi connectivity index (χ4n) is 3.80. The number of carbonyl (C=O) groups excluding carboxylic acids is 1. The largest absolute Gasteiger partial charge is 0.453 e. The van der Waals surface area contributed by atoms with Crippen molar-refractivity contribution >= 4 is 27.0 Å². The predicted molar refractivity (Wildman–Crippen MR) is 125 cm³/mol. The van der Waals surface area contributed by atoms with Crippen LogP contribution in [-0.4, -0.2) is 37.2 Å². The van der Waals surface area contributed by atoms with Gasteiger partial charge in [0.2, 0.25) is 0 Å². The van der Waals surface area contributed by atoms with Crippen LogP contribution in [0.1, 0.15) is 11.3 Å². The maximum atomic E-state index is 13.6. The van der Waals surface area contributed by atoms with Gasteiger partial charge in [0, 0.05) is 36.0 Å². The number of rotatable bonds is 7. The number of amides is 1. The Balaban J connectivity index is 1.92. The zero-order chi connectivity index (χ0) is 27.7. The molecule has 0 fully saturated rings. The molecule has 4 aromatic rings. The lowest BCUT2D eigenvalue weighted by Crippen LogP contribution is -2.22. The van der Waals surface area contributed by atoms with Gasteiger partial charge in [0.15, 0.2) is 5.69 Å². The zero-order valence-electron chi connectivity index (χ0n) is 19.4. The zero-order valence-corrected chi connectivity index (χ0v) is 20.2. The highest BCUT2D eigenvalue weighted by Gasteiger charge is 2.35. The van der Waals surface area contributed by atoms with E-state index in [2.05, 4.69) is 19.8 Å². The van der Waals surface area contributed by atoms with Crippen molar-refractivity contribution in [3.63, 3.8) is 0 Å². The molecular weight excluding hydrogens is 537 g/mol. The first kappa shape index (κ1) is 26.9. The summed E-state index contributed by atoms with van der Waals surface area (Å²) in [5.41, 5.74) is -1.16. The smallest absolute Gasteiger partial charge is 0.433 e. The van der Waals surface area contributed by atoms with Gasteiger partial charge >= 0.3 is 18.9 Å². The molecule has 0 bridgehead atoms. The Labute approximate surface area is 212 Å². The van der Waals surface area contributed by atoms with E-state index in [4.69, 9.17) is 0 Å². The number of benzene rings is 2. The molecule has 2 heterocycles. The van der Waals surface area contributed by atoms with Gasteiger partial charge in [0.05, 0.1) is 17.5 Å². The van der Waals surface area contributed by atoms with E-state index in [-0.39, 0.29) is 23.2 Å². The Bertz CT molecular complexity index is 1600. The Kier molecular flexibility index (Phi) is 7.26. The Morgan fingerprint density at radius 3 is 2.55 bits per heavy atom. The van der Waals surface area contributed by atoms with Crippen molar-refractivity contribution in [1.29, 1.82) is 0 Å². The van der Waals surface area contributed by atoms with Crippen molar-refractivity contribution < 1.29 is 44.6 Å². The lowest BCUT2D eigenvalue weighted by Gasteiger charge is -2.13. The van der Waals surface area contributed by atoms with Crippen LogP contribution in [-0.2, 0) is 27.5 Å². The number of halogens is 5. The molecule has 0 saturated heterocycles. The van der Waals surface area contributed by atoms with Crippen molar-refractivity contribution in [3.05, 3.63) is 78.2 Å². The third kappa shape index (κ3) is 5.39. The van der Waals surface area contributed by atoms with Gasteiger partial charge in [-0.15, -0.1) is 0 Å². The standard InChI is InChI=1S/C24H18F5N3O5S/c1-36-23(33)31-12-15-13-32(38(34,35)17-5-2-4-16(11-17)37-22(25)26)20-10-14(7-8-18(15)20)19-6-3-9-30-21(19)24(27,28)29/h2-11,13,22H,12H2,1H3,(H,31,33). The number of pyridine rings is 1. The van der Waals surface area contributed by atoms with Crippen molar-refractivity contribution in [2.24, 2.45) is 0 Å². The average Bonchev–Trinajstić information content (AvgIpc) is 3.25. The third-order valence-corrected chi connectivity index (χ3v) is 7.11. The average molecular weight is 555 g/mol. The monoisotopic (exact) mass is 555 g/mol. The highest BCUT2D eigenvalue weighted by molar-refractivity contribution is 7.90. The number of aromatic nitrogens is 2. The summed E-state index contributed by atoms with van der Waals surface area (Å²) in [6.07, 6.45) is -3.41. The number of nitrogens with one attached hydrogen (secondary N) is 1. The minimum Gasteiger partial charge on any atom is -0.453 e. The first-order valence-corrected chi connectivity index (χ1v) is 12.1. The van der Waals surface area contributed by atoms with Crippen LogP contribution in [0.3, 0.4) is 0 Å². The van der Waals surface area contributed by atoms with Crippen LogP contribution in [0.15, 0.2) is 71.9 Å². The summed E-state index contributed by atoms with van der Waals surface area (Å²) in [6.45, 7) is -3.37. The quantitative estimate of drug-likeness (QED) is 0.306. The molecule has 0 spiro atoms. The second-order valence-corrected chi connectivity index (χ2v) is 9.60. The molecule has 8 nitrogen and oxygen atoms in total. The summed E-state index contributed by atoms with van der Waals surface area (Å²) < 4.78 is 103. The van der Waals surface area contributed by atoms with E-state index in [9.17, 15) is 35.2 Å². The molecule has 0 aliphatic heterocycles. The maximum Gasteiger partial charge on any atom is 0.433 e. The summed E-state index contributed by atoms with van der Waals surface area (Å²) in [7, 11) is -3.34. The molecule has 0 radical (unpaired) electrons. The molecule has 1 amide bonds. The normalized spacial score (nSPS) is 12.1. The maximum absolute atomic E-state index is 13.6. The van der Waals surface area contributed by atoms with Crippen LogP contribution < -0.4 is 10.1 Å². The number of hydrogen-bond acceptors (Lipinski definition) is 6. The predicted octanol–water partition coefficient (Wildman–Crippen LogP) is 5.42. The van der Waals surface area contributed by atoms with Gasteiger partial charge in [0.1, 0.15) is 5.75 Å². The number of alkyl halides is 5. The molecule has 0 aliphatic carbocycles. The second kappa shape index (κ2) is 10.3. The number of ether oxygens (including phenoxy) is 2. The molecule has 4 rings (SSSR count). The number of methoxy groups -OCH3 is 1.